The predicted molar refractivity (Wildman–Crippen MR) is 119 cm³/mol. The van der Waals surface area contributed by atoms with Gasteiger partial charge >= 0.3 is 0 Å². The first-order chi connectivity index (χ1) is 15.0. The lowest BCUT2D eigenvalue weighted by Gasteiger charge is -2.21. The van der Waals surface area contributed by atoms with Gasteiger partial charge in [0.1, 0.15) is 0 Å². The zero-order chi connectivity index (χ0) is 22.2. The lowest BCUT2D eigenvalue weighted by Crippen LogP contribution is -2.29. The first-order valence-electron chi connectivity index (χ1n) is 10.7. The van der Waals surface area contributed by atoms with E-state index >= 15 is 0 Å². The molecule has 2 aromatic rings. The van der Waals surface area contributed by atoms with Crippen molar-refractivity contribution in [1.29, 1.82) is 0 Å². The zero-order valence-electron chi connectivity index (χ0n) is 18.1. The number of carbonyl (C=O) groups excluding carboxylic acids is 1. The van der Waals surface area contributed by atoms with Crippen LogP contribution in [0.5, 0.6) is 11.5 Å². The molecule has 2 aromatic carbocycles. The van der Waals surface area contributed by atoms with Crippen LogP contribution in [0.15, 0.2) is 36.4 Å². The fourth-order valence-electron chi connectivity index (χ4n) is 3.72. The second kappa shape index (κ2) is 10.7. The molecule has 1 saturated heterocycles. The van der Waals surface area contributed by atoms with E-state index in [9.17, 15) is 14.9 Å². The molecule has 1 heterocycles. The molecule has 0 spiro atoms. The van der Waals surface area contributed by atoms with Gasteiger partial charge in [0, 0.05) is 31.8 Å². The van der Waals surface area contributed by atoms with Gasteiger partial charge in [-0.05, 0) is 56.9 Å². The molecule has 1 aliphatic rings. The topological polar surface area (TPSA) is 93.9 Å². The summed E-state index contributed by atoms with van der Waals surface area (Å²) in [6.45, 7) is 7.03. The van der Waals surface area contributed by atoms with Crippen molar-refractivity contribution in [3.05, 3.63) is 57.6 Å². The first-order valence-corrected chi connectivity index (χ1v) is 10.7. The van der Waals surface area contributed by atoms with Crippen molar-refractivity contribution < 1.29 is 19.2 Å². The predicted octanol–water partition coefficient (Wildman–Crippen LogP) is 3.96. The van der Waals surface area contributed by atoms with E-state index in [1.165, 1.54) is 12.1 Å². The number of nitro benzene ring substituents is 1. The molecule has 0 aliphatic carbocycles. The van der Waals surface area contributed by atoms with E-state index in [0.29, 0.717) is 43.2 Å². The van der Waals surface area contributed by atoms with Crippen LogP contribution in [0.1, 0.15) is 42.6 Å². The maximum absolute atomic E-state index is 12.9. The molecule has 31 heavy (non-hydrogen) atoms. The number of ether oxygens (including phenoxy) is 2. The van der Waals surface area contributed by atoms with Crippen LogP contribution in [-0.2, 0) is 6.42 Å². The first kappa shape index (κ1) is 22.4. The van der Waals surface area contributed by atoms with Gasteiger partial charge in [-0.3, -0.25) is 14.9 Å². The molecule has 0 bridgehead atoms. The standard InChI is InChI=1S/C23H29N3O5/c1-3-30-21-10-7-17(15-22(21)31-4-2)11-12-24-23(27)19-16-18(26(28)29)8-9-20(19)25-13-5-6-14-25/h7-10,15-16H,3-6,11-14H2,1-2H3,(H,24,27). The minimum Gasteiger partial charge on any atom is -0.490 e. The van der Waals surface area contributed by atoms with Gasteiger partial charge in [0.25, 0.3) is 11.6 Å². The van der Waals surface area contributed by atoms with Crippen LogP contribution in [0, 0.1) is 10.1 Å². The molecule has 0 aromatic heterocycles. The van der Waals surface area contributed by atoms with Gasteiger partial charge in [0.05, 0.1) is 29.4 Å². The maximum atomic E-state index is 12.9. The third-order valence-corrected chi connectivity index (χ3v) is 5.19. The Morgan fingerprint density at radius 2 is 1.77 bits per heavy atom. The van der Waals surface area contributed by atoms with Crippen LogP contribution >= 0.6 is 0 Å². The maximum Gasteiger partial charge on any atom is 0.270 e. The molecule has 1 amide bonds. The number of amides is 1. The molecule has 8 nitrogen and oxygen atoms in total. The minimum absolute atomic E-state index is 0.0824. The minimum atomic E-state index is -0.472. The quantitative estimate of drug-likeness (QED) is 0.456. The van der Waals surface area contributed by atoms with E-state index in [0.717, 1.165) is 37.2 Å². The molecular weight excluding hydrogens is 398 g/mol. The van der Waals surface area contributed by atoms with E-state index in [1.807, 2.05) is 32.0 Å². The zero-order valence-corrected chi connectivity index (χ0v) is 18.1. The molecule has 0 radical (unpaired) electrons. The van der Waals surface area contributed by atoms with Crippen molar-refractivity contribution in [1.82, 2.24) is 5.32 Å². The van der Waals surface area contributed by atoms with Crippen LogP contribution in [0.4, 0.5) is 11.4 Å². The second-order valence-corrected chi connectivity index (χ2v) is 7.31. The normalized spacial score (nSPS) is 13.2. The number of nitro groups is 1. The van der Waals surface area contributed by atoms with Crippen molar-refractivity contribution in [2.75, 3.05) is 37.7 Å². The Balaban J connectivity index is 1.70. The number of nitrogens with one attached hydrogen (secondary N) is 1. The number of carbonyl (C=O) groups is 1. The summed E-state index contributed by atoms with van der Waals surface area (Å²) >= 11 is 0. The van der Waals surface area contributed by atoms with Crippen molar-refractivity contribution in [3.8, 4) is 11.5 Å². The Hall–Kier alpha value is -3.29. The van der Waals surface area contributed by atoms with Gasteiger partial charge in [-0.15, -0.1) is 0 Å². The summed E-state index contributed by atoms with van der Waals surface area (Å²) in [5, 5.41) is 14.1. The van der Waals surface area contributed by atoms with Crippen LogP contribution in [0.25, 0.3) is 0 Å². The van der Waals surface area contributed by atoms with E-state index in [2.05, 4.69) is 10.2 Å². The number of benzene rings is 2. The molecule has 166 valence electrons. The molecule has 0 saturated carbocycles. The molecule has 3 rings (SSSR count). The highest BCUT2D eigenvalue weighted by Crippen LogP contribution is 2.30. The van der Waals surface area contributed by atoms with Gasteiger partial charge in [-0.2, -0.15) is 0 Å². The summed E-state index contributed by atoms with van der Waals surface area (Å²) in [5.41, 5.74) is 2.02. The SMILES string of the molecule is CCOc1ccc(CCNC(=O)c2cc([N+](=O)[O-])ccc2N2CCCC2)cc1OCC. The van der Waals surface area contributed by atoms with Gasteiger partial charge in [-0.25, -0.2) is 0 Å². The highest BCUT2D eigenvalue weighted by molar-refractivity contribution is 6.00. The lowest BCUT2D eigenvalue weighted by atomic mass is 10.1. The van der Waals surface area contributed by atoms with Gasteiger partial charge in [0.15, 0.2) is 11.5 Å². The van der Waals surface area contributed by atoms with Gasteiger partial charge in [0.2, 0.25) is 0 Å². The smallest absolute Gasteiger partial charge is 0.270 e. The van der Waals surface area contributed by atoms with Crippen LogP contribution in [-0.4, -0.2) is 43.7 Å². The molecule has 0 unspecified atom stereocenters. The highest BCUT2D eigenvalue weighted by atomic mass is 16.6. The van der Waals surface area contributed by atoms with Crippen LogP contribution in [0.2, 0.25) is 0 Å². The molecule has 1 fully saturated rings. The summed E-state index contributed by atoms with van der Waals surface area (Å²) in [6, 6.07) is 10.2. The molecule has 0 atom stereocenters. The van der Waals surface area contributed by atoms with Gasteiger partial charge < -0.3 is 19.7 Å². The number of anilines is 1. The molecule has 1 N–H and O–H groups in total. The van der Waals surface area contributed by atoms with E-state index in [4.69, 9.17) is 9.47 Å². The average molecular weight is 428 g/mol. The Labute approximate surface area is 182 Å². The summed E-state index contributed by atoms with van der Waals surface area (Å²) in [5.74, 6) is 1.08. The molecule has 1 aliphatic heterocycles. The van der Waals surface area contributed by atoms with Crippen molar-refractivity contribution >= 4 is 17.3 Å². The third kappa shape index (κ3) is 5.65. The second-order valence-electron chi connectivity index (χ2n) is 7.31. The number of nitrogens with zero attached hydrogens (tertiary/aromatic N) is 2. The summed E-state index contributed by atoms with van der Waals surface area (Å²) in [6.07, 6.45) is 2.71. The molecule has 8 heteroatoms. The monoisotopic (exact) mass is 427 g/mol. The number of hydrogen-bond donors (Lipinski definition) is 1. The van der Waals surface area contributed by atoms with Crippen LogP contribution in [0.3, 0.4) is 0 Å². The van der Waals surface area contributed by atoms with Crippen molar-refractivity contribution in [3.63, 3.8) is 0 Å². The Kier molecular flexibility index (Phi) is 7.70. The van der Waals surface area contributed by atoms with E-state index in [-0.39, 0.29) is 11.6 Å². The summed E-state index contributed by atoms with van der Waals surface area (Å²) in [7, 11) is 0. The molecular formula is C23H29N3O5. The van der Waals surface area contributed by atoms with E-state index < -0.39 is 4.92 Å². The summed E-state index contributed by atoms with van der Waals surface area (Å²) < 4.78 is 11.2. The Bertz CT molecular complexity index is 925. The van der Waals surface area contributed by atoms with E-state index in [1.54, 1.807) is 6.07 Å². The average Bonchev–Trinajstić information content (AvgIpc) is 3.30. The summed E-state index contributed by atoms with van der Waals surface area (Å²) in [4.78, 5) is 25.7. The Morgan fingerprint density at radius 1 is 1.06 bits per heavy atom. The fraction of sp³-hybridized carbons (Fsp3) is 0.435. The lowest BCUT2D eigenvalue weighted by molar-refractivity contribution is -0.384. The van der Waals surface area contributed by atoms with Crippen molar-refractivity contribution in [2.45, 2.75) is 33.1 Å². The van der Waals surface area contributed by atoms with Gasteiger partial charge in [-0.1, -0.05) is 6.07 Å². The largest absolute Gasteiger partial charge is 0.490 e. The highest BCUT2D eigenvalue weighted by Gasteiger charge is 2.22. The number of rotatable bonds is 10. The number of non-ortho nitro benzene ring substituents is 1. The number of hydrogen-bond acceptors (Lipinski definition) is 6. The third-order valence-electron chi connectivity index (χ3n) is 5.19. The Morgan fingerprint density at radius 3 is 2.45 bits per heavy atom. The fourth-order valence-corrected chi connectivity index (χ4v) is 3.72. The van der Waals surface area contributed by atoms with Crippen molar-refractivity contribution in [2.24, 2.45) is 0 Å². The van der Waals surface area contributed by atoms with Crippen LogP contribution < -0.4 is 19.7 Å².